The molecule has 1 saturated heterocycles. The van der Waals surface area contributed by atoms with Crippen LogP contribution in [0.3, 0.4) is 0 Å². The number of likely N-dealkylation sites (N-methyl/N-ethyl adjacent to an activating group) is 1. The van der Waals surface area contributed by atoms with Crippen molar-refractivity contribution in [3.05, 3.63) is 24.5 Å². The topological polar surface area (TPSA) is 77.6 Å². The number of carbonyl (C=O) groups excluding carboxylic acids is 2. The number of amides is 2. The van der Waals surface area contributed by atoms with Crippen molar-refractivity contribution in [2.24, 2.45) is 0 Å². The van der Waals surface area contributed by atoms with Crippen molar-refractivity contribution in [1.29, 1.82) is 0 Å². The van der Waals surface area contributed by atoms with E-state index in [1.807, 2.05) is 0 Å². The third-order valence-electron chi connectivity index (χ3n) is 3.66. The van der Waals surface area contributed by atoms with Crippen molar-refractivity contribution in [1.82, 2.24) is 20.1 Å². The fourth-order valence-corrected chi connectivity index (χ4v) is 2.28. The maximum Gasteiger partial charge on any atom is 0.313 e. The molecule has 0 aromatic carbocycles. The van der Waals surface area contributed by atoms with Crippen LogP contribution in [0.15, 0.2) is 24.5 Å². The van der Waals surface area contributed by atoms with Gasteiger partial charge >= 0.3 is 11.8 Å². The molecule has 1 aliphatic heterocycles. The highest BCUT2D eigenvalue weighted by Gasteiger charge is 2.15. The molecule has 120 valence electrons. The van der Waals surface area contributed by atoms with Crippen molar-refractivity contribution in [2.45, 2.75) is 6.42 Å². The first-order valence-electron chi connectivity index (χ1n) is 7.55. The number of nitrogens with one attached hydrogen (secondary N) is 2. The zero-order valence-corrected chi connectivity index (χ0v) is 12.9. The predicted octanol–water partition coefficient (Wildman–Crippen LogP) is -0.226. The summed E-state index contributed by atoms with van der Waals surface area (Å²) in [5, 5.41) is 5.15. The Morgan fingerprint density at radius 3 is 2.68 bits per heavy atom. The summed E-state index contributed by atoms with van der Waals surface area (Å²) in [6.45, 7) is 5.74. The molecule has 2 N–H and O–H groups in total. The summed E-state index contributed by atoms with van der Waals surface area (Å²) in [6, 6.07) is 3.38. The predicted molar refractivity (Wildman–Crippen MR) is 84.4 cm³/mol. The lowest BCUT2D eigenvalue weighted by atomic mass is 10.3. The molecule has 0 radical (unpaired) electrons. The molecule has 1 fully saturated rings. The number of aromatic nitrogens is 1. The van der Waals surface area contributed by atoms with Crippen LogP contribution in [0.5, 0.6) is 0 Å². The SMILES string of the molecule is CN1CCN(CCCNC(=O)C(=O)Nc2cccnc2)CC1. The molecule has 0 unspecified atom stereocenters. The van der Waals surface area contributed by atoms with E-state index in [-0.39, 0.29) is 0 Å². The molecule has 7 heteroatoms. The highest BCUT2D eigenvalue weighted by molar-refractivity contribution is 6.39. The van der Waals surface area contributed by atoms with Crippen molar-refractivity contribution in [2.75, 3.05) is 51.6 Å². The smallest absolute Gasteiger partial charge is 0.313 e. The summed E-state index contributed by atoms with van der Waals surface area (Å²) in [7, 11) is 2.12. The first-order chi connectivity index (χ1) is 10.6. The molecule has 22 heavy (non-hydrogen) atoms. The molecule has 7 nitrogen and oxygen atoms in total. The molecular formula is C15H23N5O2. The Morgan fingerprint density at radius 2 is 2.00 bits per heavy atom. The summed E-state index contributed by atoms with van der Waals surface area (Å²) >= 11 is 0. The average molecular weight is 305 g/mol. The van der Waals surface area contributed by atoms with Gasteiger partial charge in [-0.25, -0.2) is 0 Å². The molecule has 0 saturated carbocycles. The average Bonchev–Trinajstić information content (AvgIpc) is 2.54. The molecule has 0 bridgehead atoms. The van der Waals surface area contributed by atoms with Crippen molar-refractivity contribution in [3.63, 3.8) is 0 Å². The van der Waals surface area contributed by atoms with E-state index < -0.39 is 11.8 Å². The van der Waals surface area contributed by atoms with Crippen LogP contribution in [0.4, 0.5) is 5.69 Å². The highest BCUT2D eigenvalue weighted by Crippen LogP contribution is 2.02. The van der Waals surface area contributed by atoms with Crippen LogP contribution < -0.4 is 10.6 Å². The second-order valence-electron chi connectivity index (χ2n) is 5.45. The van der Waals surface area contributed by atoms with Crippen LogP contribution >= 0.6 is 0 Å². The largest absolute Gasteiger partial charge is 0.348 e. The Hall–Kier alpha value is -1.99. The van der Waals surface area contributed by atoms with Gasteiger partial charge in [-0.1, -0.05) is 0 Å². The van der Waals surface area contributed by atoms with Gasteiger partial charge < -0.3 is 20.4 Å². The lowest BCUT2D eigenvalue weighted by Gasteiger charge is -2.32. The van der Waals surface area contributed by atoms with Crippen LogP contribution in [0.1, 0.15) is 6.42 Å². The van der Waals surface area contributed by atoms with E-state index in [1.54, 1.807) is 18.3 Å². The molecular weight excluding hydrogens is 282 g/mol. The summed E-state index contributed by atoms with van der Waals surface area (Å²) in [4.78, 5) is 31.9. The van der Waals surface area contributed by atoms with Gasteiger partial charge in [0.1, 0.15) is 0 Å². The monoisotopic (exact) mass is 305 g/mol. The standard InChI is InChI=1S/C15H23N5O2/c1-19-8-10-20(11-9-19)7-3-6-17-14(21)15(22)18-13-4-2-5-16-12-13/h2,4-5,12H,3,6-11H2,1H3,(H,17,21)(H,18,22). The van der Waals surface area contributed by atoms with Gasteiger partial charge in [0.2, 0.25) is 0 Å². The van der Waals surface area contributed by atoms with Crippen LogP contribution in [-0.2, 0) is 9.59 Å². The van der Waals surface area contributed by atoms with Gasteiger partial charge in [0.05, 0.1) is 11.9 Å². The summed E-state index contributed by atoms with van der Waals surface area (Å²) < 4.78 is 0. The summed E-state index contributed by atoms with van der Waals surface area (Å²) in [5.74, 6) is -1.27. The fraction of sp³-hybridized carbons (Fsp3) is 0.533. The van der Waals surface area contributed by atoms with Gasteiger partial charge in [-0.15, -0.1) is 0 Å². The van der Waals surface area contributed by atoms with Crippen LogP contribution in [-0.4, -0.2) is 72.9 Å². The van der Waals surface area contributed by atoms with Gasteiger partial charge in [-0.3, -0.25) is 14.6 Å². The first-order valence-corrected chi connectivity index (χ1v) is 7.55. The van der Waals surface area contributed by atoms with E-state index in [1.165, 1.54) is 6.20 Å². The van der Waals surface area contributed by atoms with E-state index in [2.05, 4.69) is 32.5 Å². The molecule has 0 spiro atoms. The van der Waals surface area contributed by atoms with E-state index in [9.17, 15) is 9.59 Å². The lowest BCUT2D eigenvalue weighted by Crippen LogP contribution is -2.45. The number of nitrogens with zero attached hydrogens (tertiary/aromatic N) is 3. The number of anilines is 1. The minimum absolute atomic E-state index is 0.506. The maximum atomic E-state index is 11.7. The van der Waals surface area contributed by atoms with E-state index in [0.29, 0.717) is 12.2 Å². The number of rotatable bonds is 5. The zero-order valence-electron chi connectivity index (χ0n) is 12.9. The molecule has 0 aliphatic carbocycles. The Morgan fingerprint density at radius 1 is 1.23 bits per heavy atom. The minimum Gasteiger partial charge on any atom is -0.348 e. The van der Waals surface area contributed by atoms with Gasteiger partial charge in [0, 0.05) is 38.9 Å². The Kier molecular flexibility index (Phi) is 6.29. The second-order valence-corrected chi connectivity index (χ2v) is 5.45. The first kappa shape index (κ1) is 16.4. The Balaban J connectivity index is 1.60. The van der Waals surface area contributed by atoms with E-state index in [4.69, 9.17) is 0 Å². The van der Waals surface area contributed by atoms with Crippen molar-refractivity contribution in [3.8, 4) is 0 Å². The van der Waals surface area contributed by atoms with Gasteiger partial charge in [0.25, 0.3) is 0 Å². The van der Waals surface area contributed by atoms with Crippen molar-refractivity contribution < 1.29 is 9.59 Å². The Bertz CT molecular complexity index is 486. The number of piperazine rings is 1. The van der Waals surface area contributed by atoms with Gasteiger partial charge in [-0.2, -0.15) is 0 Å². The third kappa shape index (κ3) is 5.42. The molecule has 2 heterocycles. The summed E-state index contributed by atoms with van der Waals surface area (Å²) in [6.07, 6.45) is 3.95. The molecule has 2 rings (SSSR count). The molecule has 2 amide bonds. The molecule has 0 atom stereocenters. The second kappa shape index (κ2) is 8.45. The number of carbonyl (C=O) groups is 2. The zero-order chi connectivity index (χ0) is 15.8. The van der Waals surface area contributed by atoms with Gasteiger partial charge in [-0.05, 0) is 32.1 Å². The summed E-state index contributed by atoms with van der Waals surface area (Å²) in [5.41, 5.74) is 0.514. The van der Waals surface area contributed by atoms with Crippen molar-refractivity contribution >= 4 is 17.5 Å². The molecule has 1 aliphatic rings. The fourth-order valence-electron chi connectivity index (χ4n) is 2.28. The van der Waals surface area contributed by atoms with E-state index in [0.717, 1.165) is 39.1 Å². The highest BCUT2D eigenvalue weighted by atomic mass is 16.2. The molecule has 1 aromatic rings. The Labute approximate surface area is 130 Å². The number of hydrogen-bond donors (Lipinski definition) is 2. The van der Waals surface area contributed by atoms with Crippen LogP contribution in [0, 0.1) is 0 Å². The normalized spacial score (nSPS) is 16.2. The third-order valence-corrected chi connectivity index (χ3v) is 3.66. The van der Waals surface area contributed by atoms with Gasteiger partial charge in [0.15, 0.2) is 0 Å². The molecule has 1 aromatic heterocycles. The van der Waals surface area contributed by atoms with Crippen LogP contribution in [0.25, 0.3) is 0 Å². The number of pyridine rings is 1. The number of hydrogen-bond acceptors (Lipinski definition) is 5. The van der Waals surface area contributed by atoms with Crippen LogP contribution in [0.2, 0.25) is 0 Å². The minimum atomic E-state index is -0.660. The maximum absolute atomic E-state index is 11.7. The lowest BCUT2D eigenvalue weighted by molar-refractivity contribution is -0.136. The quantitative estimate of drug-likeness (QED) is 0.581. The van der Waals surface area contributed by atoms with E-state index >= 15 is 0 Å².